The minimum Gasteiger partial charge on any atom is -0.477 e. The van der Waals surface area contributed by atoms with Crippen LogP contribution in [0.25, 0.3) is 0 Å². The van der Waals surface area contributed by atoms with Crippen molar-refractivity contribution in [1.82, 2.24) is 24.6 Å². The zero-order valence-corrected chi connectivity index (χ0v) is 23.2. The van der Waals surface area contributed by atoms with Gasteiger partial charge < -0.3 is 27.6 Å². The Labute approximate surface area is 238 Å². The van der Waals surface area contributed by atoms with E-state index in [4.69, 9.17) is 17.2 Å². The number of pyridine rings is 1. The normalized spacial score (nSPS) is 19.1. The number of carboxylic acid groups (broad SMARTS) is 1. The van der Waals surface area contributed by atoms with Gasteiger partial charge in [-0.3, -0.25) is 24.5 Å². The molecule has 4 heterocycles. The Morgan fingerprint density at radius 2 is 2.15 bits per heavy atom. The van der Waals surface area contributed by atoms with Crippen molar-refractivity contribution in [3.8, 4) is 0 Å². The molecule has 2 unspecified atom stereocenters. The number of nitrogens with two attached hydrogens (primary N) is 3. The summed E-state index contributed by atoms with van der Waals surface area (Å²) in [5, 5.41) is 14.6. The summed E-state index contributed by atoms with van der Waals surface area (Å²) in [5.74, 6) is -1.33. The number of rotatable bonds is 12. The molecule has 15 nitrogen and oxygen atoms in total. The van der Waals surface area contributed by atoms with Crippen molar-refractivity contribution in [3.05, 3.63) is 45.4 Å². The number of thioether (sulfide) groups is 3. The Hall–Kier alpha value is -3.42. The van der Waals surface area contributed by atoms with E-state index in [0.29, 0.717) is 23.0 Å². The summed E-state index contributed by atoms with van der Waals surface area (Å²) in [5.41, 5.74) is 16.9. The van der Waals surface area contributed by atoms with Crippen LogP contribution in [-0.4, -0.2) is 77.6 Å². The van der Waals surface area contributed by atoms with Gasteiger partial charge in [-0.2, -0.15) is 16.1 Å². The molecule has 0 aliphatic carbocycles. The topological polar surface area (TPSA) is 245 Å². The van der Waals surface area contributed by atoms with E-state index in [1.165, 1.54) is 23.5 Å². The molecule has 3 atom stereocenters. The van der Waals surface area contributed by atoms with Gasteiger partial charge in [0.1, 0.15) is 17.1 Å². The maximum atomic E-state index is 13.0. The number of carboxylic acids is 1. The largest absolute Gasteiger partial charge is 0.477 e. The minimum atomic E-state index is -1.59. The Morgan fingerprint density at radius 1 is 1.36 bits per heavy atom. The molecular formula is C20H22N10O5S4. The highest BCUT2D eigenvalue weighted by Crippen LogP contribution is 2.46. The number of fused-ring (bicyclic) bond motifs is 1. The second-order valence-corrected chi connectivity index (χ2v) is 12.0. The van der Waals surface area contributed by atoms with Gasteiger partial charge in [-0.1, -0.05) is 11.8 Å². The highest BCUT2D eigenvalue weighted by atomic mass is 32.2. The van der Waals surface area contributed by atoms with E-state index < -0.39 is 35.2 Å². The number of guanidine groups is 1. The molecular weight excluding hydrogens is 589 g/mol. The maximum Gasteiger partial charge on any atom is 0.353 e. The zero-order valence-electron chi connectivity index (χ0n) is 19.9. The standard InChI is InChI=1S/C20H22N10O5S4/c21-19(22)25-3-4-36-6-8-5-24-2-1-9(8)38-10-7-37-17-12(16(32)30(17)13(10)18(33)34)26-15(31)11(28-35)14-27-20(23)39-29-14/h1-2,5,11-12,17H,3-4,6-7H2,(H,26,31)(H,33,34)(H4,21,22,25)(H2,23,27,29)/t11?,12?,17-/m1/s1. The van der Waals surface area contributed by atoms with Crippen LogP contribution in [0.1, 0.15) is 17.4 Å². The molecule has 2 aromatic rings. The highest BCUT2D eigenvalue weighted by molar-refractivity contribution is 8.06. The van der Waals surface area contributed by atoms with Crippen molar-refractivity contribution in [2.24, 2.45) is 21.6 Å². The molecule has 0 radical (unpaired) electrons. The second-order valence-electron chi connectivity index (χ2n) is 7.92. The number of anilines is 1. The lowest BCUT2D eigenvalue weighted by molar-refractivity contribution is -0.150. The van der Waals surface area contributed by atoms with Gasteiger partial charge in [0.05, 0.1) is 6.54 Å². The molecule has 0 saturated carbocycles. The SMILES string of the molecule is NC(N)=NCCSCc1cnccc1SC1=C(C(=O)O)N2C(=O)C(NC(=O)C(N=O)c3nsc(N)n3)[C@H]2SC1. The molecule has 1 saturated heterocycles. The van der Waals surface area contributed by atoms with Gasteiger partial charge in [0.15, 0.2) is 16.9 Å². The number of aliphatic imine (C=N–C) groups is 1. The van der Waals surface area contributed by atoms with Crippen LogP contribution in [0.3, 0.4) is 0 Å². The first-order valence-corrected chi connectivity index (χ1v) is 14.9. The number of carbonyl (C=O) groups is 3. The van der Waals surface area contributed by atoms with Crippen LogP contribution < -0.4 is 22.5 Å². The predicted octanol–water partition coefficient (Wildman–Crippen LogP) is 0.318. The highest BCUT2D eigenvalue weighted by Gasteiger charge is 2.55. The van der Waals surface area contributed by atoms with Crippen molar-refractivity contribution in [2.45, 2.75) is 28.1 Å². The molecule has 2 amide bonds. The quantitative estimate of drug-likeness (QED) is 0.0714. The van der Waals surface area contributed by atoms with Crippen LogP contribution in [0, 0.1) is 4.91 Å². The Bertz CT molecular complexity index is 1350. The first kappa shape index (κ1) is 28.6. The van der Waals surface area contributed by atoms with Crippen LogP contribution in [0.4, 0.5) is 5.13 Å². The zero-order chi connectivity index (χ0) is 28.1. The van der Waals surface area contributed by atoms with Crippen LogP contribution in [0.5, 0.6) is 0 Å². The van der Waals surface area contributed by atoms with Gasteiger partial charge in [0.2, 0.25) is 6.04 Å². The fourth-order valence-corrected chi connectivity index (χ4v) is 7.58. The van der Waals surface area contributed by atoms with Crippen LogP contribution in [-0.2, 0) is 20.1 Å². The van der Waals surface area contributed by atoms with Crippen LogP contribution in [0.2, 0.25) is 0 Å². The van der Waals surface area contributed by atoms with Gasteiger partial charge in [-0.05, 0) is 16.8 Å². The predicted molar refractivity (Wildman–Crippen MR) is 149 cm³/mol. The maximum absolute atomic E-state index is 13.0. The van der Waals surface area contributed by atoms with Crippen molar-refractivity contribution >= 4 is 75.7 Å². The van der Waals surface area contributed by atoms with Crippen molar-refractivity contribution in [3.63, 3.8) is 0 Å². The summed E-state index contributed by atoms with van der Waals surface area (Å²) >= 11 is 4.95. The van der Waals surface area contributed by atoms with E-state index in [0.717, 1.165) is 26.9 Å². The number of carbonyl (C=O) groups excluding carboxylic acids is 2. The fraction of sp³-hybridized carbons (Fsp3) is 0.350. The first-order valence-electron chi connectivity index (χ1n) is 11.1. The number of amides is 2. The molecule has 2 aliphatic heterocycles. The van der Waals surface area contributed by atoms with Gasteiger partial charge in [-0.25, -0.2) is 9.78 Å². The van der Waals surface area contributed by atoms with E-state index in [1.54, 1.807) is 30.2 Å². The summed E-state index contributed by atoms with van der Waals surface area (Å²) in [7, 11) is 0. The molecule has 8 N–H and O–H groups in total. The monoisotopic (exact) mass is 610 g/mol. The van der Waals surface area contributed by atoms with E-state index in [2.05, 4.69) is 29.8 Å². The van der Waals surface area contributed by atoms with Crippen LogP contribution >= 0.6 is 46.8 Å². The number of nitrogen functional groups attached to an aromatic ring is 1. The molecule has 2 aromatic heterocycles. The molecule has 4 rings (SSSR count). The number of nitroso groups, excluding NO2 is 1. The molecule has 206 valence electrons. The van der Waals surface area contributed by atoms with Gasteiger partial charge >= 0.3 is 5.97 Å². The van der Waals surface area contributed by atoms with Crippen molar-refractivity contribution in [2.75, 3.05) is 23.8 Å². The van der Waals surface area contributed by atoms with E-state index in [-0.39, 0.29) is 28.4 Å². The van der Waals surface area contributed by atoms with Crippen molar-refractivity contribution < 1.29 is 19.5 Å². The molecule has 0 spiro atoms. The molecule has 1 fully saturated rings. The first-order chi connectivity index (χ1) is 18.7. The number of β-lactam (4-membered cyclic amide) rings is 1. The molecule has 0 aromatic carbocycles. The van der Waals surface area contributed by atoms with E-state index in [1.807, 2.05) is 0 Å². The summed E-state index contributed by atoms with van der Waals surface area (Å²) < 4.78 is 3.83. The van der Waals surface area contributed by atoms with Crippen LogP contribution in [0.15, 0.2) is 44.1 Å². The average Bonchev–Trinajstić information content (AvgIpc) is 3.33. The minimum absolute atomic E-state index is 0.0266. The van der Waals surface area contributed by atoms with Gasteiger partial charge in [0, 0.05) is 51.0 Å². The molecule has 2 aliphatic rings. The summed E-state index contributed by atoms with van der Waals surface area (Å²) in [6.07, 6.45) is 3.32. The third-order valence-electron chi connectivity index (χ3n) is 5.37. The smallest absolute Gasteiger partial charge is 0.353 e. The third kappa shape index (κ3) is 6.43. The Balaban J connectivity index is 1.46. The lowest BCUT2D eigenvalue weighted by Crippen LogP contribution is -2.70. The number of nitrogens with one attached hydrogen (secondary N) is 1. The number of hydrogen-bond donors (Lipinski definition) is 5. The fourth-order valence-electron chi connectivity index (χ4n) is 3.65. The molecule has 39 heavy (non-hydrogen) atoms. The summed E-state index contributed by atoms with van der Waals surface area (Å²) in [6.45, 7) is 0.467. The second kappa shape index (κ2) is 12.6. The van der Waals surface area contributed by atoms with Crippen molar-refractivity contribution in [1.29, 1.82) is 0 Å². The third-order valence-corrected chi connectivity index (χ3v) is 9.58. The van der Waals surface area contributed by atoms with E-state index in [9.17, 15) is 24.4 Å². The summed E-state index contributed by atoms with van der Waals surface area (Å²) in [6, 6.07) is -0.842. The number of nitrogens with zero attached hydrogens (tertiary/aromatic N) is 6. The average molecular weight is 611 g/mol. The lowest BCUT2D eigenvalue weighted by Gasteiger charge is -2.49. The number of aromatic nitrogens is 3. The summed E-state index contributed by atoms with van der Waals surface area (Å²) in [4.78, 5) is 63.6. The Kier molecular flexibility index (Phi) is 9.25. The van der Waals surface area contributed by atoms with Gasteiger partial charge in [0.25, 0.3) is 11.8 Å². The Morgan fingerprint density at radius 3 is 2.82 bits per heavy atom. The number of hydrogen-bond acceptors (Lipinski definition) is 14. The molecule has 0 bridgehead atoms. The van der Waals surface area contributed by atoms with Gasteiger partial charge in [-0.15, -0.1) is 16.7 Å². The number of aliphatic carboxylic acids is 1. The molecule has 19 heteroatoms. The van der Waals surface area contributed by atoms with E-state index >= 15 is 0 Å². The lowest BCUT2D eigenvalue weighted by atomic mass is 10.0.